The lowest BCUT2D eigenvalue weighted by Gasteiger charge is -2.09. The molecule has 3 rings (SSSR count). The molecule has 2 aromatic carbocycles. The second-order valence-electron chi connectivity index (χ2n) is 6.64. The van der Waals surface area contributed by atoms with Crippen molar-refractivity contribution in [2.45, 2.75) is 24.2 Å². The molecule has 0 spiro atoms. The van der Waals surface area contributed by atoms with Gasteiger partial charge in [-0.2, -0.15) is 0 Å². The number of aryl methyl sites for hydroxylation is 1. The van der Waals surface area contributed by atoms with E-state index in [0.717, 1.165) is 18.4 Å². The summed E-state index contributed by atoms with van der Waals surface area (Å²) in [6.45, 7) is 0.365. The maximum absolute atomic E-state index is 12.2. The Kier molecular flexibility index (Phi) is 6.90. The van der Waals surface area contributed by atoms with Gasteiger partial charge in [-0.15, -0.1) is 0 Å². The number of carbonyl (C=O) groups is 1. The average molecular weight is 416 g/mol. The van der Waals surface area contributed by atoms with Gasteiger partial charge in [0, 0.05) is 36.6 Å². The Labute approximate surface area is 170 Å². The maximum atomic E-state index is 12.2. The highest BCUT2D eigenvalue weighted by molar-refractivity contribution is 7.89. The quantitative estimate of drug-likeness (QED) is 0.443. The second kappa shape index (κ2) is 9.58. The van der Waals surface area contributed by atoms with Crippen LogP contribution in [0.3, 0.4) is 0 Å². The lowest BCUT2D eigenvalue weighted by atomic mass is 10.1. The summed E-state index contributed by atoms with van der Waals surface area (Å²) < 4.78 is 31.9. The highest BCUT2D eigenvalue weighted by Gasteiger charge is 2.13. The summed E-state index contributed by atoms with van der Waals surface area (Å²) in [5.74, 6) is 0.498. The molecule has 154 valence electrons. The van der Waals surface area contributed by atoms with Crippen molar-refractivity contribution in [3.8, 4) is 5.75 Å². The van der Waals surface area contributed by atoms with Crippen LogP contribution in [0, 0.1) is 0 Å². The van der Waals surface area contributed by atoms with Gasteiger partial charge in [-0.3, -0.25) is 4.79 Å². The van der Waals surface area contributed by atoms with Crippen molar-refractivity contribution in [3.05, 3.63) is 60.3 Å². The van der Waals surface area contributed by atoms with Crippen LogP contribution in [-0.2, 0) is 21.2 Å². The fourth-order valence-corrected chi connectivity index (χ4v) is 4.12. The molecule has 0 unspecified atom stereocenters. The lowest BCUT2D eigenvalue weighted by molar-refractivity contribution is -0.121. The molecule has 1 amide bonds. The van der Waals surface area contributed by atoms with Crippen molar-refractivity contribution < 1.29 is 17.9 Å². The Morgan fingerprint density at radius 1 is 1.07 bits per heavy atom. The van der Waals surface area contributed by atoms with E-state index in [1.165, 1.54) is 30.2 Å². The number of aromatic amines is 1. The van der Waals surface area contributed by atoms with Crippen LogP contribution in [0.5, 0.6) is 5.75 Å². The van der Waals surface area contributed by atoms with E-state index in [9.17, 15) is 13.2 Å². The summed E-state index contributed by atoms with van der Waals surface area (Å²) in [5.41, 5.74) is 2.29. The fourth-order valence-electron chi connectivity index (χ4n) is 3.09. The third-order valence-corrected chi connectivity index (χ3v) is 6.11. The number of benzene rings is 2. The zero-order valence-electron chi connectivity index (χ0n) is 16.3. The molecule has 0 aliphatic carbocycles. The van der Waals surface area contributed by atoms with Gasteiger partial charge in [0.15, 0.2) is 0 Å². The number of H-pyrrole nitrogens is 1. The third kappa shape index (κ3) is 5.58. The summed E-state index contributed by atoms with van der Waals surface area (Å²) >= 11 is 0. The summed E-state index contributed by atoms with van der Waals surface area (Å²) in [4.78, 5) is 15.4. The van der Waals surface area contributed by atoms with Crippen LogP contribution in [0.25, 0.3) is 10.9 Å². The van der Waals surface area contributed by atoms with Crippen molar-refractivity contribution in [1.82, 2.24) is 15.0 Å². The van der Waals surface area contributed by atoms with Gasteiger partial charge in [0.05, 0.1) is 12.0 Å². The van der Waals surface area contributed by atoms with E-state index < -0.39 is 10.0 Å². The zero-order chi connectivity index (χ0) is 20.7. The molecule has 3 N–H and O–H groups in total. The fraction of sp³-hybridized carbons (Fsp3) is 0.286. The van der Waals surface area contributed by atoms with E-state index in [1.54, 1.807) is 12.1 Å². The maximum Gasteiger partial charge on any atom is 0.240 e. The first-order valence-corrected chi connectivity index (χ1v) is 10.9. The molecule has 0 atom stereocenters. The molecule has 0 aliphatic rings. The van der Waals surface area contributed by atoms with Crippen molar-refractivity contribution >= 4 is 26.8 Å². The molecule has 0 saturated heterocycles. The highest BCUT2D eigenvalue weighted by atomic mass is 32.2. The summed E-state index contributed by atoms with van der Waals surface area (Å²) in [6.07, 6.45) is 3.91. The van der Waals surface area contributed by atoms with Crippen LogP contribution in [0.4, 0.5) is 0 Å². The van der Waals surface area contributed by atoms with Gasteiger partial charge in [-0.25, -0.2) is 13.1 Å². The molecule has 0 radical (unpaired) electrons. The molecule has 0 saturated carbocycles. The van der Waals surface area contributed by atoms with E-state index >= 15 is 0 Å². The smallest absolute Gasteiger partial charge is 0.240 e. The van der Waals surface area contributed by atoms with Gasteiger partial charge in [-0.05, 0) is 48.7 Å². The molecule has 1 heterocycles. The van der Waals surface area contributed by atoms with Gasteiger partial charge in [-0.1, -0.05) is 18.2 Å². The van der Waals surface area contributed by atoms with E-state index in [-0.39, 0.29) is 23.9 Å². The second-order valence-corrected chi connectivity index (χ2v) is 8.40. The predicted octanol–water partition coefficient (Wildman–Crippen LogP) is 2.59. The van der Waals surface area contributed by atoms with Gasteiger partial charge in [0.25, 0.3) is 0 Å². The molecule has 0 bridgehead atoms. The number of para-hydroxylation sites is 1. The number of ether oxygens (including phenoxy) is 1. The largest absolute Gasteiger partial charge is 0.497 e. The average Bonchev–Trinajstić information content (AvgIpc) is 3.14. The topological polar surface area (TPSA) is 100 Å². The molecular formula is C21H25N3O4S. The molecule has 3 aromatic rings. The Morgan fingerprint density at radius 3 is 2.59 bits per heavy atom. The first kappa shape index (κ1) is 20.9. The van der Waals surface area contributed by atoms with Gasteiger partial charge < -0.3 is 15.0 Å². The van der Waals surface area contributed by atoms with Crippen LogP contribution < -0.4 is 14.8 Å². The predicted molar refractivity (Wildman–Crippen MR) is 112 cm³/mol. The summed E-state index contributed by atoms with van der Waals surface area (Å²) in [5, 5.41) is 3.93. The summed E-state index contributed by atoms with van der Waals surface area (Å²) in [7, 11) is -2.09. The molecule has 8 heteroatoms. The standard InChI is InChI=1S/C21H25N3O4S/c1-28-17-9-11-18(12-10-17)29(26,27)24-14-13-22-21(25)8-4-5-16-15-23-20-7-3-2-6-19(16)20/h2-3,6-7,9-12,15,23-24H,4-5,8,13-14H2,1H3,(H,22,25). The Morgan fingerprint density at radius 2 is 1.83 bits per heavy atom. The number of methoxy groups -OCH3 is 1. The minimum atomic E-state index is -3.61. The molecular weight excluding hydrogens is 390 g/mol. The van der Waals surface area contributed by atoms with Crippen molar-refractivity contribution in [1.29, 1.82) is 0 Å². The first-order chi connectivity index (χ1) is 14.0. The number of carbonyl (C=O) groups excluding carboxylic acids is 1. The van der Waals surface area contributed by atoms with Crippen LogP contribution in [-0.4, -0.2) is 39.5 Å². The van der Waals surface area contributed by atoms with Gasteiger partial charge in [0.2, 0.25) is 15.9 Å². The molecule has 0 fully saturated rings. The van der Waals surface area contributed by atoms with Crippen molar-refractivity contribution in [2.24, 2.45) is 0 Å². The minimum Gasteiger partial charge on any atom is -0.497 e. The normalized spacial score (nSPS) is 11.5. The lowest BCUT2D eigenvalue weighted by Crippen LogP contribution is -2.34. The Hall–Kier alpha value is -2.84. The summed E-state index contributed by atoms with van der Waals surface area (Å²) in [6, 6.07) is 14.2. The SMILES string of the molecule is COc1ccc(S(=O)(=O)NCCNC(=O)CCCc2c[nH]c3ccccc23)cc1. The van der Waals surface area contributed by atoms with E-state index in [0.29, 0.717) is 12.2 Å². The number of nitrogens with one attached hydrogen (secondary N) is 3. The van der Waals surface area contributed by atoms with Crippen LogP contribution in [0.15, 0.2) is 59.6 Å². The highest BCUT2D eigenvalue weighted by Crippen LogP contribution is 2.19. The Balaban J connectivity index is 1.37. The number of fused-ring (bicyclic) bond motifs is 1. The van der Waals surface area contributed by atoms with Crippen LogP contribution in [0.1, 0.15) is 18.4 Å². The van der Waals surface area contributed by atoms with E-state index in [2.05, 4.69) is 21.1 Å². The number of sulfonamides is 1. The Bertz CT molecular complexity index is 1060. The number of amides is 1. The number of hydrogen-bond acceptors (Lipinski definition) is 4. The monoisotopic (exact) mass is 415 g/mol. The number of aromatic nitrogens is 1. The van der Waals surface area contributed by atoms with Crippen LogP contribution >= 0.6 is 0 Å². The molecule has 1 aromatic heterocycles. The van der Waals surface area contributed by atoms with Crippen LogP contribution in [0.2, 0.25) is 0 Å². The minimum absolute atomic E-state index is 0.0894. The van der Waals surface area contributed by atoms with Crippen molar-refractivity contribution in [2.75, 3.05) is 20.2 Å². The number of hydrogen-bond donors (Lipinski definition) is 3. The van der Waals surface area contributed by atoms with Crippen molar-refractivity contribution in [3.63, 3.8) is 0 Å². The molecule has 0 aliphatic heterocycles. The molecule has 29 heavy (non-hydrogen) atoms. The molecule has 7 nitrogen and oxygen atoms in total. The number of rotatable bonds is 10. The van der Waals surface area contributed by atoms with Gasteiger partial charge in [0.1, 0.15) is 5.75 Å². The zero-order valence-corrected chi connectivity index (χ0v) is 17.1. The van der Waals surface area contributed by atoms with Gasteiger partial charge >= 0.3 is 0 Å². The van der Waals surface area contributed by atoms with E-state index in [4.69, 9.17) is 4.74 Å². The van der Waals surface area contributed by atoms with E-state index in [1.807, 2.05) is 24.4 Å². The first-order valence-electron chi connectivity index (χ1n) is 9.45. The third-order valence-electron chi connectivity index (χ3n) is 4.63.